The van der Waals surface area contributed by atoms with E-state index in [9.17, 15) is 9.59 Å². The van der Waals surface area contributed by atoms with E-state index in [0.717, 1.165) is 12.8 Å². The van der Waals surface area contributed by atoms with E-state index in [1.807, 2.05) is 0 Å². The van der Waals surface area contributed by atoms with Gasteiger partial charge in [-0.25, -0.2) is 0 Å². The molecule has 0 saturated heterocycles. The number of carbonyl (C=O) groups is 2. The fourth-order valence-electron chi connectivity index (χ4n) is 2.89. The number of nitrogens with two attached hydrogens (primary N) is 1. The van der Waals surface area contributed by atoms with Crippen LogP contribution in [0, 0.1) is 17.8 Å². The molecule has 0 aliphatic heterocycles. The van der Waals surface area contributed by atoms with Gasteiger partial charge in [0.25, 0.3) is 5.91 Å². The van der Waals surface area contributed by atoms with Gasteiger partial charge in [-0.2, -0.15) is 0 Å². The van der Waals surface area contributed by atoms with Crippen LogP contribution in [-0.4, -0.2) is 11.8 Å². The first-order valence-electron chi connectivity index (χ1n) is 6.01. The molecule has 3 atom stereocenters. The summed E-state index contributed by atoms with van der Waals surface area (Å²) in [5.74, 6) is 0.482. The molecule has 5 heteroatoms. The van der Waals surface area contributed by atoms with Crippen LogP contribution in [-0.2, 0) is 4.79 Å². The molecule has 2 aliphatic carbocycles. The molecule has 1 saturated carbocycles. The fourth-order valence-corrected chi connectivity index (χ4v) is 3.68. The molecule has 4 nitrogen and oxygen atoms in total. The maximum atomic E-state index is 12.2. The first-order valence-corrected chi connectivity index (χ1v) is 6.89. The largest absolute Gasteiger partial charge is 0.366 e. The van der Waals surface area contributed by atoms with Crippen molar-refractivity contribution in [2.45, 2.75) is 12.8 Å². The van der Waals surface area contributed by atoms with Crippen LogP contribution in [0.15, 0.2) is 23.6 Å². The van der Waals surface area contributed by atoms with Crippen LogP contribution < -0.4 is 11.1 Å². The molecule has 3 N–H and O–H groups in total. The summed E-state index contributed by atoms with van der Waals surface area (Å²) in [4.78, 5) is 23.4. The average Bonchev–Trinajstić information content (AvgIpc) is 3.03. The number of thiophene rings is 1. The summed E-state index contributed by atoms with van der Waals surface area (Å²) < 4.78 is 0. The Kier molecular flexibility index (Phi) is 2.70. The van der Waals surface area contributed by atoms with Gasteiger partial charge in [0.05, 0.1) is 5.56 Å². The van der Waals surface area contributed by atoms with Gasteiger partial charge in [0.2, 0.25) is 5.91 Å². The van der Waals surface area contributed by atoms with Crippen molar-refractivity contribution in [3.63, 3.8) is 0 Å². The summed E-state index contributed by atoms with van der Waals surface area (Å²) >= 11 is 1.33. The van der Waals surface area contributed by atoms with Gasteiger partial charge in [0.15, 0.2) is 0 Å². The van der Waals surface area contributed by atoms with E-state index in [1.165, 1.54) is 11.3 Å². The van der Waals surface area contributed by atoms with E-state index in [2.05, 4.69) is 17.5 Å². The van der Waals surface area contributed by atoms with Gasteiger partial charge in [0.1, 0.15) is 5.00 Å². The van der Waals surface area contributed by atoms with Crippen molar-refractivity contribution >= 4 is 28.2 Å². The second-order valence-corrected chi connectivity index (χ2v) is 5.82. The third kappa shape index (κ3) is 1.84. The molecule has 3 rings (SSSR count). The first kappa shape index (κ1) is 11.5. The number of primary amides is 1. The molecular formula is C13H14N2O2S. The highest BCUT2D eigenvalue weighted by atomic mass is 32.1. The van der Waals surface area contributed by atoms with Gasteiger partial charge in [-0.05, 0) is 36.1 Å². The van der Waals surface area contributed by atoms with Crippen LogP contribution >= 0.6 is 11.3 Å². The summed E-state index contributed by atoms with van der Waals surface area (Å²) in [7, 11) is 0. The van der Waals surface area contributed by atoms with Gasteiger partial charge in [-0.15, -0.1) is 11.3 Å². The van der Waals surface area contributed by atoms with E-state index < -0.39 is 5.91 Å². The quantitative estimate of drug-likeness (QED) is 0.818. The third-order valence-corrected chi connectivity index (χ3v) is 4.61. The molecule has 0 radical (unpaired) electrons. The Labute approximate surface area is 109 Å². The Bertz CT molecular complexity index is 535. The van der Waals surface area contributed by atoms with Crippen LogP contribution in [0.4, 0.5) is 5.00 Å². The van der Waals surface area contributed by atoms with E-state index in [4.69, 9.17) is 5.73 Å². The minimum Gasteiger partial charge on any atom is -0.366 e. The van der Waals surface area contributed by atoms with E-state index in [1.54, 1.807) is 11.4 Å². The lowest BCUT2D eigenvalue weighted by atomic mass is 9.93. The Hall–Kier alpha value is -1.62. The summed E-state index contributed by atoms with van der Waals surface area (Å²) in [5, 5.41) is 5.17. The Morgan fingerprint density at radius 2 is 2.17 bits per heavy atom. The van der Waals surface area contributed by atoms with Crippen molar-refractivity contribution < 1.29 is 9.59 Å². The van der Waals surface area contributed by atoms with Gasteiger partial charge >= 0.3 is 0 Å². The Morgan fingerprint density at radius 3 is 2.78 bits per heavy atom. The number of amides is 2. The fraction of sp³-hybridized carbons (Fsp3) is 0.385. The van der Waals surface area contributed by atoms with Crippen molar-refractivity contribution in [1.29, 1.82) is 0 Å². The third-order valence-electron chi connectivity index (χ3n) is 3.78. The molecule has 18 heavy (non-hydrogen) atoms. The highest BCUT2D eigenvalue weighted by molar-refractivity contribution is 7.14. The topological polar surface area (TPSA) is 72.2 Å². The molecule has 2 bridgehead atoms. The first-order chi connectivity index (χ1) is 8.65. The lowest BCUT2D eigenvalue weighted by Gasteiger charge is -2.17. The summed E-state index contributed by atoms with van der Waals surface area (Å²) in [6, 6.07) is 1.64. The number of carbonyl (C=O) groups excluding carboxylic acids is 2. The number of nitrogens with one attached hydrogen (secondary N) is 1. The Balaban J connectivity index is 1.73. The normalized spacial score (nSPS) is 28.6. The predicted octanol–water partition coefficient (Wildman–Crippen LogP) is 2.00. The number of allylic oxidation sites excluding steroid dienone is 2. The molecule has 1 heterocycles. The zero-order chi connectivity index (χ0) is 12.7. The molecule has 1 fully saturated rings. The van der Waals surface area contributed by atoms with Crippen molar-refractivity contribution in [2.24, 2.45) is 23.5 Å². The van der Waals surface area contributed by atoms with Gasteiger partial charge < -0.3 is 11.1 Å². The predicted molar refractivity (Wildman–Crippen MR) is 70.3 cm³/mol. The molecular weight excluding hydrogens is 248 g/mol. The molecule has 94 valence electrons. The minimum absolute atomic E-state index is 0.0109. The Morgan fingerprint density at radius 1 is 1.33 bits per heavy atom. The second kappa shape index (κ2) is 4.24. The van der Waals surface area contributed by atoms with Gasteiger partial charge in [-0.1, -0.05) is 12.2 Å². The van der Waals surface area contributed by atoms with Crippen LogP contribution in [0.25, 0.3) is 0 Å². The summed E-state index contributed by atoms with van der Waals surface area (Å²) in [6.45, 7) is 0. The van der Waals surface area contributed by atoms with E-state index in [0.29, 0.717) is 22.4 Å². The number of rotatable bonds is 3. The van der Waals surface area contributed by atoms with Crippen LogP contribution in [0.3, 0.4) is 0 Å². The minimum atomic E-state index is -0.501. The standard InChI is InChI=1S/C13H14N2O2S/c14-11(16)9-3-4-18-13(9)15-12(17)10-6-7-1-2-8(10)5-7/h1-4,7-8,10H,5-6H2,(H2,14,16)(H,15,17)/t7-,8+,10-/m1/s1. The number of anilines is 1. The highest BCUT2D eigenvalue weighted by Crippen LogP contribution is 2.44. The zero-order valence-electron chi connectivity index (χ0n) is 9.76. The molecule has 0 unspecified atom stereocenters. The van der Waals surface area contributed by atoms with Crippen molar-refractivity contribution in [3.05, 3.63) is 29.2 Å². The monoisotopic (exact) mass is 262 g/mol. The summed E-state index contributed by atoms with van der Waals surface area (Å²) in [6.07, 6.45) is 6.35. The van der Waals surface area contributed by atoms with Crippen LogP contribution in [0.5, 0.6) is 0 Å². The van der Waals surface area contributed by atoms with Crippen molar-refractivity contribution in [2.75, 3.05) is 5.32 Å². The maximum absolute atomic E-state index is 12.2. The molecule has 2 aliphatic rings. The maximum Gasteiger partial charge on any atom is 0.251 e. The zero-order valence-corrected chi connectivity index (χ0v) is 10.6. The van der Waals surface area contributed by atoms with Gasteiger partial charge in [-0.3, -0.25) is 9.59 Å². The molecule has 0 aromatic carbocycles. The smallest absolute Gasteiger partial charge is 0.251 e. The van der Waals surface area contributed by atoms with Crippen LogP contribution in [0.2, 0.25) is 0 Å². The highest BCUT2D eigenvalue weighted by Gasteiger charge is 2.40. The molecule has 0 spiro atoms. The summed E-state index contributed by atoms with van der Waals surface area (Å²) in [5.41, 5.74) is 5.65. The lowest BCUT2D eigenvalue weighted by Crippen LogP contribution is -2.26. The van der Waals surface area contributed by atoms with Crippen molar-refractivity contribution in [3.8, 4) is 0 Å². The number of hydrogen-bond acceptors (Lipinski definition) is 3. The molecule has 2 amide bonds. The average molecular weight is 262 g/mol. The van der Waals surface area contributed by atoms with Crippen molar-refractivity contribution in [1.82, 2.24) is 0 Å². The van der Waals surface area contributed by atoms with E-state index in [-0.39, 0.29) is 11.8 Å². The number of fused-ring (bicyclic) bond motifs is 2. The van der Waals surface area contributed by atoms with Crippen LogP contribution in [0.1, 0.15) is 23.2 Å². The number of hydrogen-bond donors (Lipinski definition) is 2. The molecule has 1 aromatic heterocycles. The lowest BCUT2D eigenvalue weighted by molar-refractivity contribution is -0.120. The van der Waals surface area contributed by atoms with Gasteiger partial charge in [0, 0.05) is 5.92 Å². The molecule has 1 aromatic rings. The van der Waals surface area contributed by atoms with E-state index >= 15 is 0 Å². The SMILES string of the molecule is NC(=O)c1ccsc1NC(=O)[C@@H]1C[C@@H]2C=C[C@H]1C2. The second-order valence-electron chi connectivity index (χ2n) is 4.90.